The molecule has 9 nitrogen and oxygen atoms in total. The number of hydrogen-bond acceptors (Lipinski definition) is 6. The van der Waals surface area contributed by atoms with Gasteiger partial charge in [-0.15, -0.1) is 10.2 Å². The number of amides is 1. The molecule has 0 saturated heterocycles. The van der Waals surface area contributed by atoms with E-state index >= 15 is 0 Å². The molecule has 4 aromatic heterocycles. The number of aromatic nitrogens is 6. The Kier molecular flexibility index (Phi) is 5.06. The number of imidazole rings is 1. The molecule has 1 aromatic carbocycles. The molecule has 164 valence electrons. The predicted octanol–water partition coefficient (Wildman–Crippen LogP) is 4.23. The highest BCUT2D eigenvalue weighted by Crippen LogP contribution is 2.20. The van der Waals surface area contributed by atoms with Crippen molar-refractivity contribution in [1.82, 2.24) is 29.4 Å². The lowest BCUT2D eigenvalue weighted by Gasteiger charge is -2.09. The first-order valence-electron chi connectivity index (χ1n) is 10.5. The molecular formula is C24H22N8O. The van der Waals surface area contributed by atoms with E-state index in [1.807, 2.05) is 87.6 Å². The lowest BCUT2D eigenvalue weighted by Crippen LogP contribution is -2.15. The standard InChI is InChI=1S/C24H22N8O/c1-15-14-16(2)32(30-15)22-12-11-20(28-29-22)26-18-7-9-19(10-8-18)27-24(33)23-17(3)25-21-6-4-5-13-31(21)23/h4-14H,1-3H3,(H,26,28)(H,27,33). The molecule has 4 heterocycles. The largest absolute Gasteiger partial charge is 0.339 e. The van der Waals surface area contributed by atoms with Crippen molar-refractivity contribution in [1.29, 1.82) is 0 Å². The van der Waals surface area contributed by atoms with Crippen LogP contribution in [-0.4, -0.2) is 35.3 Å². The fraction of sp³-hybridized carbons (Fsp3) is 0.125. The highest BCUT2D eigenvalue weighted by Gasteiger charge is 2.16. The number of benzene rings is 1. The zero-order chi connectivity index (χ0) is 22.9. The fourth-order valence-corrected chi connectivity index (χ4v) is 3.73. The normalized spacial score (nSPS) is 11.0. The molecule has 0 fully saturated rings. The summed E-state index contributed by atoms with van der Waals surface area (Å²) in [4.78, 5) is 17.3. The minimum absolute atomic E-state index is 0.211. The van der Waals surface area contributed by atoms with Crippen LogP contribution in [0.25, 0.3) is 11.5 Å². The molecule has 5 rings (SSSR count). The van der Waals surface area contributed by atoms with Gasteiger partial charge in [0.25, 0.3) is 5.91 Å². The zero-order valence-electron chi connectivity index (χ0n) is 18.4. The van der Waals surface area contributed by atoms with Gasteiger partial charge in [-0.3, -0.25) is 9.20 Å². The molecule has 33 heavy (non-hydrogen) atoms. The van der Waals surface area contributed by atoms with Gasteiger partial charge in [0.1, 0.15) is 11.3 Å². The van der Waals surface area contributed by atoms with Crippen LogP contribution in [0.4, 0.5) is 17.2 Å². The molecular weight excluding hydrogens is 416 g/mol. The van der Waals surface area contributed by atoms with Crippen LogP contribution < -0.4 is 10.6 Å². The summed E-state index contributed by atoms with van der Waals surface area (Å²) < 4.78 is 3.55. The third kappa shape index (κ3) is 4.03. The van der Waals surface area contributed by atoms with E-state index < -0.39 is 0 Å². The molecule has 2 N–H and O–H groups in total. The van der Waals surface area contributed by atoms with Crippen molar-refractivity contribution < 1.29 is 4.79 Å². The second kappa shape index (κ2) is 8.19. The van der Waals surface area contributed by atoms with E-state index in [1.165, 1.54) is 0 Å². The quantitative estimate of drug-likeness (QED) is 0.426. The third-order valence-electron chi connectivity index (χ3n) is 5.21. The molecule has 0 radical (unpaired) electrons. The van der Waals surface area contributed by atoms with E-state index in [1.54, 1.807) is 9.08 Å². The second-order valence-electron chi connectivity index (χ2n) is 7.75. The van der Waals surface area contributed by atoms with Crippen LogP contribution in [-0.2, 0) is 0 Å². The highest BCUT2D eigenvalue weighted by atomic mass is 16.2. The maximum Gasteiger partial charge on any atom is 0.274 e. The van der Waals surface area contributed by atoms with Gasteiger partial charge >= 0.3 is 0 Å². The van der Waals surface area contributed by atoms with Crippen LogP contribution >= 0.6 is 0 Å². The first-order chi connectivity index (χ1) is 16.0. The van der Waals surface area contributed by atoms with Crippen LogP contribution in [0, 0.1) is 20.8 Å². The van der Waals surface area contributed by atoms with E-state index in [9.17, 15) is 4.79 Å². The molecule has 0 spiro atoms. The average molecular weight is 438 g/mol. The van der Waals surface area contributed by atoms with Gasteiger partial charge in [0.05, 0.1) is 11.4 Å². The van der Waals surface area contributed by atoms with Gasteiger partial charge in [-0.2, -0.15) is 5.10 Å². The lowest BCUT2D eigenvalue weighted by atomic mass is 10.2. The number of rotatable bonds is 5. The van der Waals surface area contributed by atoms with Crippen LogP contribution in [0.3, 0.4) is 0 Å². The second-order valence-corrected chi connectivity index (χ2v) is 7.75. The van der Waals surface area contributed by atoms with Crippen molar-refractivity contribution in [3.05, 3.63) is 89.6 Å². The van der Waals surface area contributed by atoms with Gasteiger partial charge in [-0.25, -0.2) is 9.67 Å². The summed E-state index contributed by atoms with van der Waals surface area (Å²) in [6.45, 7) is 5.75. The van der Waals surface area contributed by atoms with E-state index in [0.717, 1.165) is 22.7 Å². The number of nitrogens with one attached hydrogen (secondary N) is 2. The Balaban J connectivity index is 1.27. The van der Waals surface area contributed by atoms with Crippen molar-refractivity contribution in [2.24, 2.45) is 0 Å². The zero-order valence-corrected chi connectivity index (χ0v) is 18.4. The number of carbonyl (C=O) groups is 1. The SMILES string of the molecule is Cc1cc(C)n(-c2ccc(Nc3ccc(NC(=O)c4c(C)nc5ccccn45)cc3)nn2)n1. The van der Waals surface area contributed by atoms with Gasteiger partial charge in [-0.05, 0) is 75.4 Å². The number of nitrogens with zero attached hydrogens (tertiary/aromatic N) is 6. The van der Waals surface area contributed by atoms with Crippen molar-refractivity contribution in [3.63, 3.8) is 0 Å². The first kappa shape index (κ1) is 20.4. The molecule has 1 amide bonds. The molecule has 0 aliphatic carbocycles. The van der Waals surface area contributed by atoms with E-state index in [2.05, 4.69) is 30.9 Å². The molecule has 0 saturated carbocycles. The van der Waals surface area contributed by atoms with Crippen molar-refractivity contribution >= 4 is 28.7 Å². The average Bonchev–Trinajstić information content (AvgIpc) is 3.33. The van der Waals surface area contributed by atoms with Crippen LogP contribution in [0.15, 0.2) is 66.9 Å². The molecule has 0 atom stereocenters. The topological polar surface area (TPSA) is 102 Å². The Morgan fingerprint density at radius 1 is 0.909 bits per heavy atom. The van der Waals surface area contributed by atoms with Gasteiger partial charge in [0, 0.05) is 23.3 Å². The minimum Gasteiger partial charge on any atom is -0.339 e. The monoisotopic (exact) mass is 438 g/mol. The summed E-state index contributed by atoms with van der Waals surface area (Å²) in [6, 6.07) is 18.7. The summed E-state index contributed by atoms with van der Waals surface area (Å²) >= 11 is 0. The van der Waals surface area contributed by atoms with Gasteiger partial charge < -0.3 is 10.6 Å². The van der Waals surface area contributed by atoms with E-state index in [-0.39, 0.29) is 5.91 Å². The lowest BCUT2D eigenvalue weighted by molar-refractivity contribution is 0.102. The smallest absolute Gasteiger partial charge is 0.274 e. The van der Waals surface area contributed by atoms with Gasteiger partial charge in [-0.1, -0.05) is 6.07 Å². The van der Waals surface area contributed by atoms with Crippen LogP contribution in [0.5, 0.6) is 0 Å². The van der Waals surface area contributed by atoms with E-state index in [0.29, 0.717) is 28.7 Å². The Morgan fingerprint density at radius 2 is 1.70 bits per heavy atom. The molecule has 0 bridgehead atoms. The van der Waals surface area contributed by atoms with Gasteiger partial charge in [0.15, 0.2) is 11.6 Å². The maximum atomic E-state index is 12.8. The summed E-state index contributed by atoms with van der Waals surface area (Å²) in [5, 5.41) is 19.1. The number of fused-ring (bicyclic) bond motifs is 1. The predicted molar refractivity (Wildman–Crippen MR) is 126 cm³/mol. The highest BCUT2D eigenvalue weighted by molar-refractivity contribution is 6.04. The summed E-state index contributed by atoms with van der Waals surface area (Å²) in [5.74, 6) is 1.06. The Labute approximate surface area is 190 Å². The maximum absolute atomic E-state index is 12.8. The number of pyridine rings is 1. The summed E-state index contributed by atoms with van der Waals surface area (Å²) in [5.41, 5.74) is 5.38. The Bertz CT molecular complexity index is 1450. The number of aryl methyl sites for hydroxylation is 3. The number of hydrogen-bond donors (Lipinski definition) is 2. The van der Waals surface area contributed by atoms with Crippen molar-refractivity contribution in [2.75, 3.05) is 10.6 Å². The van der Waals surface area contributed by atoms with E-state index in [4.69, 9.17) is 0 Å². The summed E-state index contributed by atoms with van der Waals surface area (Å²) in [6.07, 6.45) is 1.83. The van der Waals surface area contributed by atoms with Gasteiger partial charge in [0.2, 0.25) is 0 Å². The van der Waals surface area contributed by atoms with Crippen LogP contribution in [0.2, 0.25) is 0 Å². The number of carbonyl (C=O) groups excluding carboxylic acids is 1. The first-order valence-corrected chi connectivity index (χ1v) is 10.5. The molecule has 0 unspecified atom stereocenters. The fourth-order valence-electron chi connectivity index (χ4n) is 3.73. The number of anilines is 3. The Hall–Kier alpha value is -4.53. The molecule has 0 aliphatic rings. The Morgan fingerprint density at radius 3 is 2.39 bits per heavy atom. The molecule has 9 heteroatoms. The van der Waals surface area contributed by atoms with Crippen molar-refractivity contribution in [2.45, 2.75) is 20.8 Å². The third-order valence-corrected chi connectivity index (χ3v) is 5.21. The minimum atomic E-state index is -0.211. The molecule has 0 aliphatic heterocycles. The summed E-state index contributed by atoms with van der Waals surface area (Å²) in [7, 11) is 0. The van der Waals surface area contributed by atoms with Crippen LogP contribution in [0.1, 0.15) is 27.6 Å². The van der Waals surface area contributed by atoms with Crippen molar-refractivity contribution in [3.8, 4) is 5.82 Å². The molecule has 5 aromatic rings.